The van der Waals surface area contributed by atoms with Crippen molar-refractivity contribution in [2.45, 2.75) is 38.8 Å². The molecule has 0 bridgehead atoms. The Labute approximate surface area is 128 Å². The maximum atomic E-state index is 4.21. The molecule has 1 rings (SSSR count). The largest absolute Gasteiger partial charge is 0.354 e. The molecule has 106 valence electrons. The van der Waals surface area contributed by atoms with Crippen molar-refractivity contribution < 1.29 is 0 Å². The molecule has 1 saturated heterocycles. The van der Waals surface area contributed by atoms with Gasteiger partial charge in [-0.05, 0) is 26.7 Å². The molecule has 0 radical (unpaired) electrons. The molecule has 5 heteroatoms. The summed E-state index contributed by atoms with van der Waals surface area (Å²) in [6, 6.07) is 1.20. The van der Waals surface area contributed by atoms with Gasteiger partial charge >= 0.3 is 0 Å². The Kier molecular flexibility index (Phi) is 9.45. The average molecular weight is 366 g/mol. The van der Waals surface area contributed by atoms with Crippen molar-refractivity contribution in [2.24, 2.45) is 4.99 Å². The Morgan fingerprint density at radius 2 is 2.06 bits per heavy atom. The first-order chi connectivity index (χ1) is 8.17. The second-order valence-corrected chi connectivity index (χ2v) is 4.79. The van der Waals surface area contributed by atoms with Gasteiger partial charge in [-0.15, -0.1) is 30.6 Å². The van der Waals surface area contributed by atoms with E-state index in [0.29, 0.717) is 12.1 Å². The van der Waals surface area contributed by atoms with Gasteiger partial charge in [-0.2, -0.15) is 0 Å². The summed E-state index contributed by atoms with van der Waals surface area (Å²) in [7, 11) is 1.81. The lowest BCUT2D eigenvalue weighted by Crippen LogP contribution is -2.49. The van der Waals surface area contributed by atoms with Gasteiger partial charge in [0.15, 0.2) is 5.96 Å². The van der Waals surface area contributed by atoms with E-state index in [1.54, 1.807) is 0 Å². The molecule has 1 fully saturated rings. The van der Waals surface area contributed by atoms with E-state index in [9.17, 15) is 0 Å². The van der Waals surface area contributed by atoms with Gasteiger partial charge in [-0.3, -0.25) is 4.99 Å². The first kappa shape index (κ1) is 17.7. The summed E-state index contributed by atoms with van der Waals surface area (Å²) in [6.07, 6.45) is 4.22. The SMILES string of the molecule is C=CCNC(=NC)NC1CCN(C(C)C)CC1.I. The molecule has 0 spiro atoms. The van der Waals surface area contributed by atoms with E-state index in [0.717, 1.165) is 12.5 Å². The van der Waals surface area contributed by atoms with Crippen LogP contribution in [0.15, 0.2) is 17.6 Å². The van der Waals surface area contributed by atoms with Crippen LogP contribution in [-0.4, -0.2) is 49.6 Å². The van der Waals surface area contributed by atoms with Crippen molar-refractivity contribution in [1.29, 1.82) is 0 Å². The molecule has 0 aromatic rings. The third-order valence-corrected chi connectivity index (χ3v) is 3.24. The van der Waals surface area contributed by atoms with Gasteiger partial charge in [0.2, 0.25) is 0 Å². The Morgan fingerprint density at radius 3 is 2.50 bits per heavy atom. The van der Waals surface area contributed by atoms with Crippen LogP contribution in [-0.2, 0) is 0 Å². The highest BCUT2D eigenvalue weighted by Crippen LogP contribution is 2.12. The number of guanidine groups is 1. The van der Waals surface area contributed by atoms with Crippen LogP contribution in [0.25, 0.3) is 0 Å². The molecule has 0 unspecified atom stereocenters. The molecule has 1 heterocycles. The molecule has 1 aliphatic heterocycles. The molecule has 2 N–H and O–H groups in total. The number of rotatable bonds is 4. The fraction of sp³-hybridized carbons (Fsp3) is 0.769. The fourth-order valence-corrected chi connectivity index (χ4v) is 2.12. The summed E-state index contributed by atoms with van der Waals surface area (Å²) in [5.41, 5.74) is 0. The number of aliphatic imine (C=N–C) groups is 1. The van der Waals surface area contributed by atoms with Crippen molar-refractivity contribution >= 4 is 29.9 Å². The highest BCUT2D eigenvalue weighted by Gasteiger charge is 2.21. The zero-order valence-electron chi connectivity index (χ0n) is 11.8. The van der Waals surface area contributed by atoms with E-state index < -0.39 is 0 Å². The predicted molar refractivity (Wildman–Crippen MR) is 89.8 cm³/mol. The maximum absolute atomic E-state index is 4.21. The van der Waals surface area contributed by atoms with E-state index in [-0.39, 0.29) is 24.0 Å². The Balaban J connectivity index is 0.00000289. The molecule has 18 heavy (non-hydrogen) atoms. The first-order valence-corrected chi connectivity index (χ1v) is 6.49. The zero-order valence-corrected chi connectivity index (χ0v) is 14.1. The number of likely N-dealkylation sites (tertiary alicyclic amines) is 1. The summed E-state index contributed by atoms with van der Waals surface area (Å²) in [5, 5.41) is 6.67. The number of hydrogen-bond acceptors (Lipinski definition) is 2. The van der Waals surface area contributed by atoms with Crippen LogP contribution < -0.4 is 10.6 Å². The third kappa shape index (κ3) is 6.04. The normalized spacial score (nSPS) is 18.3. The summed E-state index contributed by atoms with van der Waals surface area (Å²) >= 11 is 0. The van der Waals surface area contributed by atoms with Crippen molar-refractivity contribution in [3.8, 4) is 0 Å². The van der Waals surface area contributed by atoms with Gasteiger partial charge < -0.3 is 15.5 Å². The zero-order chi connectivity index (χ0) is 12.7. The minimum atomic E-state index is 0. The lowest BCUT2D eigenvalue weighted by atomic mass is 10.0. The van der Waals surface area contributed by atoms with Crippen LogP contribution in [0.1, 0.15) is 26.7 Å². The second kappa shape index (κ2) is 9.61. The van der Waals surface area contributed by atoms with E-state index in [4.69, 9.17) is 0 Å². The number of hydrogen-bond donors (Lipinski definition) is 2. The summed E-state index contributed by atoms with van der Waals surface area (Å²) < 4.78 is 0. The molecule has 4 nitrogen and oxygen atoms in total. The molecule has 0 aliphatic carbocycles. The van der Waals surface area contributed by atoms with E-state index in [1.165, 1.54) is 25.9 Å². The minimum Gasteiger partial charge on any atom is -0.354 e. The highest BCUT2D eigenvalue weighted by molar-refractivity contribution is 14.0. The van der Waals surface area contributed by atoms with Crippen molar-refractivity contribution in [3.05, 3.63) is 12.7 Å². The highest BCUT2D eigenvalue weighted by atomic mass is 127. The summed E-state index contributed by atoms with van der Waals surface area (Å²) in [4.78, 5) is 6.73. The van der Waals surface area contributed by atoms with Crippen molar-refractivity contribution in [2.75, 3.05) is 26.7 Å². The topological polar surface area (TPSA) is 39.7 Å². The fourth-order valence-electron chi connectivity index (χ4n) is 2.12. The molecular weight excluding hydrogens is 339 g/mol. The molecule has 0 amide bonds. The molecule has 0 atom stereocenters. The Bertz CT molecular complexity index is 258. The number of halogens is 1. The van der Waals surface area contributed by atoms with Gasteiger partial charge in [-0.1, -0.05) is 6.08 Å². The number of piperidine rings is 1. The van der Waals surface area contributed by atoms with Crippen LogP contribution in [0.3, 0.4) is 0 Å². The van der Waals surface area contributed by atoms with Gasteiger partial charge in [0.05, 0.1) is 0 Å². The quantitative estimate of drug-likeness (QED) is 0.345. The Hall–Kier alpha value is -0.300. The molecular formula is C13H27IN4. The van der Waals surface area contributed by atoms with Gasteiger partial charge in [-0.25, -0.2) is 0 Å². The lowest BCUT2D eigenvalue weighted by molar-refractivity contribution is 0.167. The molecule has 0 aromatic carbocycles. The van der Waals surface area contributed by atoms with Crippen LogP contribution in [0.4, 0.5) is 0 Å². The third-order valence-electron chi connectivity index (χ3n) is 3.24. The van der Waals surface area contributed by atoms with E-state index in [2.05, 4.69) is 41.0 Å². The van der Waals surface area contributed by atoms with Gasteiger partial charge in [0.25, 0.3) is 0 Å². The monoisotopic (exact) mass is 366 g/mol. The lowest BCUT2D eigenvalue weighted by Gasteiger charge is -2.35. The minimum absolute atomic E-state index is 0. The average Bonchev–Trinajstić information content (AvgIpc) is 2.35. The van der Waals surface area contributed by atoms with Gasteiger partial charge in [0.1, 0.15) is 0 Å². The molecule has 1 aliphatic rings. The second-order valence-electron chi connectivity index (χ2n) is 4.79. The molecule has 0 saturated carbocycles. The Morgan fingerprint density at radius 1 is 1.44 bits per heavy atom. The number of nitrogens with one attached hydrogen (secondary N) is 2. The summed E-state index contributed by atoms with van der Waals surface area (Å²) in [5.74, 6) is 0.882. The maximum Gasteiger partial charge on any atom is 0.191 e. The number of nitrogens with zero attached hydrogens (tertiary/aromatic N) is 2. The predicted octanol–water partition coefficient (Wildman–Crippen LogP) is 1.83. The van der Waals surface area contributed by atoms with Crippen molar-refractivity contribution in [1.82, 2.24) is 15.5 Å². The van der Waals surface area contributed by atoms with Crippen LogP contribution in [0.2, 0.25) is 0 Å². The van der Waals surface area contributed by atoms with Crippen LogP contribution in [0.5, 0.6) is 0 Å². The van der Waals surface area contributed by atoms with E-state index >= 15 is 0 Å². The van der Waals surface area contributed by atoms with Crippen LogP contribution in [0, 0.1) is 0 Å². The van der Waals surface area contributed by atoms with Crippen LogP contribution >= 0.6 is 24.0 Å². The van der Waals surface area contributed by atoms with Crippen molar-refractivity contribution in [3.63, 3.8) is 0 Å². The first-order valence-electron chi connectivity index (χ1n) is 6.49. The smallest absolute Gasteiger partial charge is 0.191 e. The van der Waals surface area contributed by atoms with Gasteiger partial charge in [0, 0.05) is 38.8 Å². The standard InChI is InChI=1S/C13H26N4.HI/c1-5-8-15-13(14-4)16-12-6-9-17(10-7-12)11(2)3;/h5,11-12H,1,6-10H2,2-4H3,(H2,14,15,16);1H. The summed E-state index contributed by atoms with van der Waals surface area (Å²) in [6.45, 7) is 11.3. The molecule has 0 aromatic heterocycles. The van der Waals surface area contributed by atoms with E-state index in [1.807, 2.05) is 13.1 Å².